The quantitative estimate of drug-likeness (QED) is 0.567. The third-order valence-electron chi connectivity index (χ3n) is 3.74. The van der Waals surface area contributed by atoms with E-state index >= 15 is 0 Å². The van der Waals surface area contributed by atoms with E-state index in [1.165, 1.54) is 0 Å². The first-order valence-corrected chi connectivity index (χ1v) is 8.93. The normalized spacial score (nSPS) is 12.0. The Morgan fingerprint density at radius 1 is 1.15 bits per heavy atom. The molecule has 0 spiro atoms. The number of benzene rings is 1. The van der Waals surface area contributed by atoms with Crippen LogP contribution in [0.1, 0.15) is 45.0 Å². The monoisotopic (exact) mass is 375 g/mol. The molecule has 8 nitrogen and oxygen atoms in total. The molecule has 0 aliphatic heterocycles. The average Bonchev–Trinajstić information content (AvgIpc) is 3.13. The molecule has 0 fully saturated rings. The number of nitrogens with one attached hydrogen (secondary N) is 2. The molecular weight excluding hydrogens is 346 g/mol. The topological polar surface area (TPSA) is 93.8 Å². The van der Waals surface area contributed by atoms with Gasteiger partial charge < -0.3 is 24.6 Å². The van der Waals surface area contributed by atoms with Crippen LogP contribution in [0.25, 0.3) is 0 Å². The van der Waals surface area contributed by atoms with E-state index in [-0.39, 0.29) is 5.41 Å². The maximum atomic E-state index is 5.33. The number of methoxy groups -OCH3 is 2. The van der Waals surface area contributed by atoms with E-state index in [4.69, 9.17) is 14.0 Å². The van der Waals surface area contributed by atoms with E-state index in [1.807, 2.05) is 45.9 Å². The molecule has 2 aromatic rings. The molecule has 0 aliphatic rings. The minimum atomic E-state index is -0.169. The predicted molar refractivity (Wildman–Crippen MR) is 104 cm³/mol. The molecule has 0 aliphatic carbocycles. The lowest BCUT2D eigenvalue weighted by Crippen LogP contribution is -2.37. The smallest absolute Gasteiger partial charge is 0.232 e. The van der Waals surface area contributed by atoms with Crippen molar-refractivity contribution < 1.29 is 14.0 Å². The molecular formula is C19H29N5O3. The Labute approximate surface area is 160 Å². The first-order chi connectivity index (χ1) is 12.9. The summed E-state index contributed by atoms with van der Waals surface area (Å²) in [6.07, 6.45) is 0. The van der Waals surface area contributed by atoms with Crippen molar-refractivity contribution in [2.24, 2.45) is 4.99 Å². The first kappa shape index (κ1) is 20.5. The van der Waals surface area contributed by atoms with Crippen LogP contribution < -0.4 is 20.1 Å². The van der Waals surface area contributed by atoms with Crippen LogP contribution in [-0.4, -0.2) is 36.9 Å². The predicted octanol–water partition coefficient (Wildman–Crippen LogP) is 2.64. The number of aromatic nitrogens is 2. The van der Waals surface area contributed by atoms with Gasteiger partial charge in [-0.1, -0.05) is 32.0 Å². The molecule has 2 N–H and O–H groups in total. The Morgan fingerprint density at radius 3 is 2.48 bits per heavy atom. The zero-order valence-corrected chi connectivity index (χ0v) is 16.9. The lowest BCUT2D eigenvalue weighted by molar-refractivity contribution is 0.318. The maximum absolute atomic E-state index is 5.33. The number of nitrogens with zero attached hydrogens (tertiary/aromatic N) is 3. The Balaban J connectivity index is 2.03. The number of rotatable bonds is 7. The molecule has 1 aromatic carbocycles. The van der Waals surface area contributed by atoms with Crippen molar-refractivity contribution in [2.45, 2.75) is 46.2 Å². The van der Waals surface area contributed by atoms with Crippen molar-refractivity contribution in [2.75, 3.05) is 20.8 Å². The summed E-state index contributed by atoms with van der Waals surface area (Å²) in [6.45, 7) is 9.79. The van der Waals surface area contributed by atoms with E-state index in [2.05, 4.69) is 25.8 Å². The first-order valence-electron chi connectivity index (χ1n) is 8.93. The summed E-state index contributed by atoms with van der Waals surface area (Å²) in [6, 6.07) is 5.75. The van der Waals surface area contributed by atoms with Gasteiger partial charge in [0.15, 0.2) is 23.3 Å². The molecule has 2 rings (SSSR count). The fourth-order valence-corrected chi connectivity index (χ4v) is 2.28. The Bertz CT molecular complexity index is 765. The highest BCUT2D eigenvalue weighted by Gasteiger charge is 2.21. The van der Waals surface area contributed by atoms with Gasteiger partial charge in [0.05, 0.1) is 27.3 Å². The summed E-state index contributed by atoms with van der Waals surface area (Å²) in [5, 5.41) is 10.4. The van der Waals surface area contributed by atoms with Crippen molar-refractivity contribution in [3.8, 4) is 11.5 Å². The zero-order valence-electron chi connectivity index (χ0n) is 16.9. The maximum Gasteiger partial charge on any atom is 0.232 e. The Hall–Kier alpha value is -2.77. The number of hydrogen-bond donors (Lipinski definition) is 2. The lowest BCUT2D eigenvalue weighted by Gasteiger charge is -2.11. The third-order valence-corrected chi connectivity index (χ3v) is 3.74. The number of hydrogen-bond acceptors (Lipinski definition) is 6. The fraction of sp³-hybridized carbons (Fsp3) is 0.526. The van der Waals surface area contributed by atoms with Gasteiger partial charge in [-0.25, -0.2) is 4.99 Å². The summed E-state index contributed by atoms with van der Waals surface area (Å²) in [4.78, 5) is 9.02. The van der Waals surface area contributed by atoms with Gasteiger partial charge in [0, 0.05) is 12.0 Å². The molecule has 0 amide bonds. The minimum Gasteiger partial charge on any atom is -0.493 e. The minimum absolute atomic E-state index is 0.169. The second-order valence-corrected chi connectivity index (χ2v) is 7.00. The van der Waals surface area contributed by atoms with Gasteiger partial charge in [0.25, 0.3) is 0 Å². The van der Waals surface area contributed by atoms with Crippen LogP contribution in [0.2, 0.25) is 0 Å². The summed E-state index contributed by atoms with van der Waals surface area (Å²) in [5.41, 5.74) is 0.844. The highest BCUT2D eigenvalue weighted by Crippen LogP contribution is 2.27. The second-order valence-electron chi connectivity index (χ2n) is 7.00. The molecule has 0 bridgehead atoms. The zero-order chi connectivity index (χ0) is 19.9. The van der Waals surface area contributed by atoms with Gasteiger partial charge in [0.2, 0.25) is 5.89 Å². The molecule has 0 radical (unpaired) electrons. The highest BCUT2D eigenvalue weighted by atomic mass is 16.5. The van der Waals surface area contributed by atoms with Crippen LogP contribution in [0.5, 0.6) is 11.5 Å². The Morgan fingerprint density at radius 2 is 1.89 bits per heavy atom. The van der Waals surface area contributed by atoms with Gasteiger partial charge in [-0.3, -0.25) is 0 Å². The molecule has 1 aromatic heterocycles. The van der Waals surface area contributed by atoms with E-state index < -0.39 is 0 Å². The van der Waals surface area contributed by atoms with Crippen molar-refractivity contribution in [3.05, 3.63) is 35.5 Å². The summed E-state index contributed by atoms with van der Waals surface area (Å²) in [7, 11) is 3.24. The number of ether oxygens (including phenoxy) is 2. The Kier molecular flexibility index (Phi) is 7.04. The molecule has 0 saturated heterocycles. The van der Waals surface area contributed by atoms with Crippen molar-refractivity contribution in [1.29, 1.82) is 0 Å². The average molecular weight is 375 g/mol. The molecule has 8 heteroatoms. The van der Waals surface area contributed by atoms with Crippen molar-refractivity contribution in [1.82, 2.24) is 20.8 Å². The van der Waals surface area contributed by atoms with Gasteiger partial charge >= 0.3 is 0 Å². The van der Waals surface area contributed by atoms with Crippen LogP contribution in [-0.2, 0) is 18.5 Å². The molecule has 1 heterocycles. The van der Waals surface area contributed by atoms with Crippen LogP contribution >= 0.6 is 0 Å². The SMILES string of the molecule is CCNC(=NCc1ccc(OC)c(OC)c1)NCc1noc(C(C)(C)C)n1. The van der Waals surface area contributed by atoms with E-state index in [0.29, 0.717) is 42.3 Å². The van der Waals surface area contributed by atoms with Crippen molar-refractivity contribution in [3.63, 3.8) is 0 Å². The highest BCUT2D eigenvalue weighted by molar-refractivity contribution is 5.79. The fourth-order valence-electron chi connectivity index (χ4n) is 2.28. The molecule has 27 heavy (non-hydrogen) atoms. The van der Waals surface area contributed by atoms with Gasteiger partial charge in [-0.2, -0.15) is 4.98 Å². The number of aliphatic imine (C=N–C) groups is 1. The summed E-state index contributed by atoms with van der Waals surface area (Å²) < 4.78 is 15.9. The van der Waals surface area contributed by atoms with E-state index in [9.17, 15) is 0 Å². The van der Waals surface area contributed by atoms with Gasteiger partial charge in [-0.05, 0) is 24.6 Å². The van der Waals surface area contributed by atoms with E-state index in [0.717, 1.165) is 12.1 Å². The molecule has 0 atom stereocenters. The number of guanidine groups is 1. The lowest BCUT2D eigenvalue weighted by atomic mass is 9.97. The largest absolute Gasteiger partial charge is 0.493 e. The van der Waals surface area contributed by atoms with Crippen LogP contribution in [0.4, 0.5) is 0 Å². The summed E-state index contributed by atoms with van der Waals surface area (Å²) >= 11 is 0. The third kappa shape index (κ3) is 5.87. The van der Waals surface area contributed by atoms with Crippen LogP contribution in [0.15, 0.2) is 27.7 Å². The molecule has 0 unspecified atom stereocenters. The van der Waals surface area contributed by atoms with Crippen molar-refractivity contribution >= 4 is 5.96 Å². The van der Waals surface area contributed by atoms with Crippen LogP contribution in [0.3, 0.4) is 0 Å². The van der Waals surface area contributed by atoms with Crippen LogP contribution in [0, 0.1) is 0 Å². The standard InChI is InChI=1S/C19H29N5O3/c1-7-20-18(22-12-16-23-17(27-24-16)19(2,3)4)21-11-13-8-9-14(25-5)15(10-13)26-6/h8-10H,7,11-12H2,1-6H3,(H2,20,21,22). The summed E-state index contributed by atoms with van der Waals surface area (Å²) in [5.74, 6) is 3.27. The molecule has 0 saturated carbocycles. The van der Waals surface area contributed by atoms with E-state index in [1.54, 1.807) is 14.2 Å². The van der Waals surface area contributed by atoms with Gasteiger partial charge in [-0.15, -0.1) is 0 Å². The van der Waals surface area contributed by atoms with Gasteiger partial charge in [0.1, 0.15) is 0 Å². The molecule has 148 valence electrons. The second kappa shape index (κ2) is 9.25.